The van der Waals surface area contributed by atoms with Gasteiger partial charge in [-0.15, -0.1) is 12.4 Å². The van der Waals surface area contributed by atoms with Crippen LogP contribution in [0, 0.1) is 0 Å². The number of anilines is 1. The number of ether oxygens (including phenoxy) is 2. The molecular weight excluding hydrogens is 415 g/mol. The molecule has 1 heterocycles. The van der Waals surface area contributed by atoms with Gasteiger partial charge in [0.15, 0.2) is 6.23 Å². The maximum atomic E-state index is 11.3. The van der Waals surface area contributed by atoms with Crippen LogP contribution >= 0.6 is 24.0 Å². The Morgan fingerprint density at radius 2 is 2.00 bits per heavy atom. The fraction of sp³-hybridized carbons (Fsp3) is 0.381. The second-order valence-electron chi connectivity index (χ2n) is 6.81. The van der Waals surface area contributed by atoms with Gasteiger partial charge in [0.05, 0.1) is 5.69 Å². The van der Waals surface area contributed by atoms with Crippen molar-refractivity contribution in [3.05, 3.63) is 53.6 Å². The van der Waals surface area contributed by atoms with E-state index in [2.05, 4.69) is 10.2 Å². The Morgan fingerprint density at radius 3 is 2.72 bits per heavy atom. The van der Waals surface area contributed by atoms with Crippen molar-refractivity contribution in [2.24, 2.45) is 0 Å². The van der Waals surface area contributed by atoms with Gasteiger partial charge in [0.2, 0.25) is 5.91 Å². The zero-order valence-corrected chi connectivity index (χ0v) is 17.8. The van der Waals surface area contributed by atoms with E-state index in [9.17, 15) is 9.90 Å². The van der Waals surface area contributed by atoms with Gasteiger partial charge >= 0.3 is 0 Å². The highest BCUT2D eigenvalue weighted by Crippen LogP contribution is 2.25. The predicted octanol–water partition coefficient (Wildman–Crippen LogP) is 3.96. The summed E-state index contributed by atoms with van der Waals surface area (Å²) < 4.78 is 11.8. The van der Waals surface area contributed by atoms with Gasteiger partial charge in [0.25, 0.3) is 0 Å². The molecular formula is C21H26Cl2N2O4. The van der Waals surface area contributed by atoms with Crippen LogP contribution < -0.4 is 14.8 Å². The summed E-state index contributed by atoms with van der Waals surface area (Å²) in [7, 11) is 0. The van der Waals surface area contributed by atoms with Crippen molar-refractivity contribution in [3.8, 4) is 11.5 Å². The smallest absolute Gasteiger partial charge is 0.221 e. The topological polar surface area (TPSA) is 71.0 Å². The van der Waals surface area contributed by atoms with E-state index in [1.807, 2.05) is 24.3 Å². The molecule has 2 atom stereocenters. The number of aliphatic hydroxyl groups excluding tert-OH is 1. The molecule has 0 spiro atoms. The SMILES string of the molecule is CC(=O)Nc1ccccc1OCC(O)CN1CCCC1Oc1ccc(Cl)cc1.Cl. The number of amides is 1. The molecule has 1 aliphatic rings. The number of rotatable bonds is 8. The summed E-state index contributed by atoms with van der Waals surface area (Å²) >= 11 is 5.91. The average molecular weight is 441 g/mol. The first-order chi connectivity index (χ1) is 13.5. The van der Waals surface area contributed by atoms with Gasteiger partial charge in [0, 0.05) is 25.0 Å². The van der Waals surface area contributed by atoms with Crippen molar-refractivity contribution in [2.45, 2.75) is 32.1 Å². The summed E-state index contributed by atoms with van der Waals surface area (Å²) in [5, 5.41) is 13.8. The number of nitrogens with one attached hydrogen (secondary N) is 1. The van der Waals surface area contributed by atoms with Gasteiger partial charge in [-0.1, -0.05) is 23.7 Å². The van der Waals surface area contributed by atoms with Crippen molar-refractivity contribution in [2.75, 3.05) is 25.0 Å². The molecule has 1 fully saturated rings. The number of likely N-dealkylation sites (tertiary alicyclic amines) is 1. The molecule has 3 rings (SSSR count). The molecule has 1 amide bonds. The summed E-state index contributed by atoms with van der Waals surface area (Å²) in [4.78, 5) is 13.4. The van der Waals surface area contributed by atoms with E-state index in [0.29, 0.717) is 23.0 Å². The van der Waals surface area contributed by atoms with Gasteiger partial charge in [-0.3, -0.25) is 9.69 Å². The number of carbonyl (C=O) groups is 1. The molecule has 0 bridgehead atoms. The van der Waals surface area contributed by atoms with Crippen LogP contribution in [0.25, 0.3) is 0 Å². The summed E-state index contributed by atoms with van der Waals surface area (Å²) in [6, 6.07) is 14.5. The molecule has 29 heavy (non-hydrogen) atoms. The number of hydrogen-bond donors (Lipinski definition) is 2. The number of carbonyl (C=O) groups excluding carboxylic acids is 1. The van der Waals surface area contributed by atoms with Crippen LogP contribution in [-0.2, 0) is 4.79 Å². The fourth-order valence-electron chi connectivity index (χ4n) is 3.20. The highest BCUT2D eigenvalue weighted by atomic mass is 35.5. The number of halogens is 2. The van der Waals surface area contributed by atoms with Crippen LogP contribution in [-0.4, -0.2) is 47.9 Å². The lowest BCUT2D eigenvalue weighted by Crippen LogP contribution is -2.41. The van der Waals surface area contributed by atoms with Crippen LogP contribution in [0.15, 0.2) is 48.5 Å². The number of nitrogens with zero attached hydrogens (tertiary/aromatic N) is 1. The van der Waals surface area contributed by atoms with Crippen LogP contribution in [0.4, 0.5) is 5.69 Å². The van der Waals surface area contributed by atoms with E-state index < -0.39 is 6.10 Å². The standard InChI is InChI=1S/C21H25ClN2O4.ClH/c1-15(25)23-19-5-2-3-6-20(19)27-14-17(26)13-24-12-4-7-21(24)28-18-10-8-16(22)9-11-18;/h2-3,5-6,8-11,17,21,26H,4,7,12-14H2,1H3,(H,23,25);1H. The predicted molar refractivity (Wildman–Crippen MR) is 116 cm³/mol. The fourth-order valence-corrected chi connectivity index (χ4v) is 3.33. The molecule has 0 aromatic heterocycles. The second kappa shape index (κ2) is 11.3. The largest absolute Gasteiger partial charge is 0.489 e. The number of para-hydroxylation sites is 2. The van der Waals surface area contributed by atoms with E-state index in [0.717, 1.165) is 25.1 Å². The second-order valence-corrected chi connectivity index (χ2v) is 7.24. The maximum absolute atomic E-state index is 11.3. The third kappa shape index (κ3) is 7.08. The lowest BCUT2D eigenvalue weighted by Gasteiger charge is -2.27. The Kier molecular flexibility index (Phi) is 9.04. The van der Waals surface area contributed by atoms with Crippen molar-refractivity contribution >= 4 is 35.6 Å². The van der Waals surface area contributed by atoms with Crippen molar-refractivity contribution in [3.63, 3.8) is 0 Å². The minimum Gasteiger partial charge on any atom is -0.489 e. The molecule has 0 radical (unpaired) electrons. The van der Waals surface area contributed by atoms with Gasteiger partial charge < -0.3 is 19.9 Å². The lowest BCUT2D eigenvalue weighted by atomic mass is 10.3. The number of benzene rings is 2. The minimum atomic E-state index is -0.681. The highest BCUT2D eigenvalue weighted by Gasteiger charge is 2.28. The first-order valence-electron chi connectivity index (χ1n) is 9.35. The third-order valence-electron chi connectivity index (χ3n) is 4.46. The van der Waals surface area contributed by atoms with Crippen LogP contribution in [0.5, 0.6) is 11.5 Å². The molecule has 0 saturated carbocycles. The molecule has 2 aromatic rings. The van der Waals surface area contributed by atoms with Gasteiger partial charge in [-0.05, 0) is 49.2 Å². The van der Waals surface area contributed by atoms with E-state index in [-0.39, 0.29) is 31.1 Å². The Bertz CT molecular complexity index is 789. The normalized spacial score (nSPS) is 17.3. The Morgan fingerprint density at radius 1 is 1.28 bits per heavy atom. The van der Waals surface area contributed by atoms with E-state index >= 15 is 0 Å². The van der Waals surface area contributed by atoms with Crippen molar-refractivity contribution < 1.29 is 19.4 Å². The summed E-state index contributed by atoms with van der Waals surface area (Å²) in [6.45, 7) is 2.87. The van der Waals surface area contributed by atoms with Crippen molar-refractivity contribution in [1.29, 1.82) is 0 Å². The molecule has 1 saturated heterocycles. The quantitative estimate of drug-likeness (QED) is 0.649. The Hall–Kier alpha value is -1.99. The summed E-state index contributed by atoms with van der Waals surface area (Å²) in [5.41, 5.74) is 0.590. The Labute approximate surface area is 182 Å². The molecule has 8 heteroatoms. The third-order valence-corrected chi connectivity index (χ3v) is 4.72. The number of aliphatic hydroxyl groups is 1. The first kappa shape index (κ1) is 23.3. The minimum absolute atomic E-state index is 0. The van der Waals surface area contributed by atoms with E-state index in [1.54, 1.807) is 24.3 Å². The molecule has 2 aromatic carbocycles. The molecule has 1 aliphatic heterocycles. The van der Waals surface area contributed by atoms with Gasteiger partial charge in [0.1, 0.15) is 24.2 Å². The van der Waals surface area contributed by atoms with Gasteiger partial charge in [-0.2, -0.15) is 0 Å². The molecule has 0 aliphatic carbocycles. The number of hydrogen-bond acceptors (Lipinski definition) is 5. The molecule has 6 nitrogen and oxygen atoms in total. The van der Waals surface area contributed by atoms with E-state index in [1.165, 1.54) is 6.92 Å². The van der Waals surface area contributed by atoms with Crippen LogP contribution in [0.3, 0.4) is 0 Å². The lowest BCUT2D eigenvalue weighted by molar-refractivity contribution is -0.114. The first-order valence-corrected chi connectivity index (χ1v) is 9.73. The van der Waals surface area contributed by atoms with Crippen molar-refractivity contribution in [1.82, 2.24) is 4.90 Å². The van der Waals surface area contributed by atoms with Crippen LogP contribution in [0.1, 0.15) is 19.8 Å². The van der Waals surface area contributed by atoms with Crippen LogP contribution in [0.2, 0.25) is 5.02 Å². The zero-order valence-electron chi connectivity index (χ0n) is 16.2. The monoisotopic (exact) mass is 440 g/mol. The number of β-amino-alcohol motifs (C(OH)–C–C–N with tert-alkyl or cyclic N) is 1. The molecule has 2 N–H and O–H groups in total. The van der Waals surface area contributed by atoms with E-state index in [4.69, 9.17) is 21.1 Å². The zero-order chi connectivity index (χ0) is 19.9. The summed E-state index contributed by atoms with van der Waals surface area (Å²) in [5.74, 6) is 1.12. The van der Waals surface area contributed by atoms with Gasteiger partial charge in [-0.25, -0.2) is 0 Å². The average Bonchev–Trinajstić information content (AvgIpc) is 3.09. The summed E-state index contributed by atoms with van der Waals surface area (Å²) in [6.07, 6.45) is 1.15. The maximum Gasteiger partial charge on any atom is 0.221 e. The Balaban J connectivity index is 0.00000300. The molecule has 158 valence electrons. The molecule has 2 unspecified atom stereocenters. The highest BCUT2D eigenvalue weighted by molar-refractivity contribution is 6.30.